The lowest BCUT2D eigenvalue weighted by Crippen LogP contribution is -2.50. The summed E-state index contributed by atoms with van der Waals surface area (Å²) in [7, 11) is -0.425. The van der Waals surface area contributed by atoms with E-state index in [4.69, 9.17) is 19.1 Å². The van der Waals surface area contributed by atoms with Gasteiger partial charge in [0.2, 0.25) is 8.32 Å². The number of aliphatic imine (C=N–C) groups is 1. The summed E-state index contributed by atoms with van der Waals surface area (Å²) in [5.41, 5.74) is 4.26. The molecule has 0 aliphatic carbocycles. The van der Waals surface area contributed by atoms with E-state index in [0.29, 0.717) is 23.2 Å². The normalized spacial score (nSPS) is 19.2. The Kier molecular flexibility index (Phi) is 8.88. The lowest BCUT2D eigenvalue weighted by molar-refractivity contribution is -0.118. The molecule has 13 nitrogen and oxygen atoms in total. The highest BCUT2D eigenvalue weighted by Crippen LogP contribution is 2.44. The van der Waals surface area contributed by atoms with Crippen molar-refractivity contribution < 1.29 is 23.7 Å². The van der Waals surface area contributed by atoms with Crippen LogP contribution in [-0.4, -0.2) is 69.8 Å². The summed E-state index contributed by atoms with van der Waals surface area (Å²) in [5, 5.41) is 10.9. The molecular formula is C27H42N8O5SSi. The number of amidine groups is 1. The van der Waals surface area contributed by atoms with E-state index < -0.39 is 26.1 Å². The zero-order valence-electron chi connectivity index (χ0n) is 25.8. The van der Waals surface area contributed by atoms with Crippen molar-refractivity contribution in [3.63, 3.8) is 0 Å². The molecule has 2 aliphatic rings. The van der Waals surface area contributed by atoms with Crippen molar-refractivity contribution in [1.29, 1.82) is 0 Å². The van der Waals surface area contributed by atoms with E-state index in [9.17, 15) is 9.59 Å². The van der Waals surface area contributed by atoms with Gasteiger partial charge in [0.1, 0.15) is 34.3 Å². The maximum absolute atomic E-state index is 13.6. The van der Waals surface area contributed by atoms with Crippen molar-refractivity contribution in [2.24, 2.45) is 12.0 Å². The lowest BCUT2D eigenvalue weighted by Gasteiger charge is -2.38. The molecule has 42 heavy (non-hydrogen) atoms. The number of amides is 3. The van der Waals surface area contributed by atoms with E-state index in [0.717, 1.165) is 11.3 Å². The molecule has 2 aromatic rings. The van der Waals surface area contributed by atoms with Crippen molar-refractivity contribution in [1.82, 2.24) is 30.2 Å². The van der Waals surface area contributed by atoms with Crippen molar-refractivity contribution in [3.8, 4) is 0 Å². The van der Waals surface area contributed by atoms with Crippen LogP contribution in [0.1, 0.15) is 69.9 Å². The predicted molar refractivity (Wildman–Crippen MR) is 163 cm³/mol. The molecule has 2 bridgehead atoms. The van der Waals surface area contributed by atoms with Crippen LogP contribution in [0.5, 0.6) is 0 Å². The Bertz CT molecular complexity index is 1360. The van der Waals surface area contributed by atoms with Gasteiger partial charge in [-0.2, -0.15) is 10.2 Å². The Labute approximate surface area is 252 Å². The topological polar surface area (TPSA) is 135 Å². The Morgan fingerprint density at radius 1 is 1.29 bits per heavy atom. The summed E-state index contributed by atoms with van der Waals surface area (Å²) in [6.45, 7) is 20.6. The predicted octanol–water partition coefficient (Wildman–Crippen LogP) is 5.30. The minimum absolute atomic E-state index is 0.0726. The number of rotatable bonds is 9. The zero-order chi connectivity index (χ0) is 31.0. The number of aromatic nitrogens is 3. The number of carbonyl (C=O) groups excluding carboxylic acids is 2. The number of aryl methyl sites for hydroxylation is 1. The number of hydrogen-bond donors (Lipinski definition) is 2. The quantitative estimate of drug-likeness (QED) is 0.127. The second-order valence-electron chi connectivity index (χ2n) is 12.8. The third-order valence-electron chi connectivity index (χ3n) is 7.40. The van der Waals surface area contributed by atoms with Gasteiger partial charge in [-0.1, -0.05) is 26.8 Å². The van der Waals surface area contributed by atoms with Crippen molar-refractivity contribution in [2.45, 2.75) is 83.9 Å². The third-order valence-corrected chi connectivity index (χ3v) is 12.5. The maximum Gasteiger partial charge on any atom is 0.413 e. The first-order valence-electron chi connectivity index (χ1n) is 13.8. The van der Waals surface area contributed by atoms with Gasteiger partial charge in [0.15, 0.2) is 0 Å². The van der Waals surface area contributed by atoms with Crippen LogP contribution in [0.3, 0.4) is 0 Å². The first kappa shape index (κ1) is 31.7. The molecule has 0 aromatic carbocycles. The maximum atomic E-state index is 13.6. The summed E-state index contributed by atoms with van der Waals surface area (Å²) in [4.78, 5) is 42.7. The number of nitrogens with zero attached hydrogens (tertiary/aromatic N) is 6. The highest BCUT2D eigenvalue weighted by atomic mass is 32.1. The largest absolute Gasteiger partial charge is 0.444 e. The monoisotopic (exact) mass is 618 g/mol. The van der Waals surface area contributed by atoms with Gasteiger partial charge in [-0.25, -0.2) is 14.6 Å². The molecule has 4 rings (SSSR count). The molecule has 230 valence electrons. The third kappa shape index (κ3) is 6.69. The van der Waals surface area contributed by atoms with E-state index in [-0.39, 0.29) is 30.3 Å². The number of anilines is 1. The van der Waals surface area contributed by atoms with Crippen molar-refractivity contribution in [2.75, 3.05) is 18.5 Å². The summed E-state index contributed by atoms with van der Waals surface area (Å²) in [6.07, 6.45) is 2.80. The molecule has 2 aromatic heterocycles. The van der Waals surface area contributed by atoms with Crippen LogP contribution in [0.25, 0.3) is 0 Å². The van der Waals surface area contributed by atoms with Gasteiger partial charge in [0, 0.05) is 18.0 Å². The van der Waals surface area contributed by atoms with Crippen LogP contribution in [-0.2, 0) is 27.7 Å². The van der Waals surface area contributed by atoms with Crippen LogP contribution in [0.4, 0.5) is 15.4 Å². The fourth-order valence-corrected chi connectivity index (χ4v) is 5.62. The molecule has 1 fully saturated rings. The smallest absolute Gasteiger partial charge is 0.413 e. The Balaban J connectivity index is 1.66. The number of nitrogens with one attached hydrogen (secondary N) is 2. The van der Waals surface area contributed by atoms with E-state index in [1.54, 1.807) is 48.0 Å². The highest BCUT2D eigenvalue weighted by Gasteiger charge is 2.52. The van der Waals surface area contributed by atoms with E-state index in [1.807, 2.05) is 7.05 Å². The van der Waals surface area contributed by atoms with Gasteiger partial charge in [0.05, 0.1) is 31.6 Å². The fraction of sp³-hybridized carbons (Fsp3) is 0.593. The van der Waals surface area contributed by atoms with E-state index >= 15 is 0 Å². The molecular weight excluding hydrogens is 577 g/mol. The average Bonchev–Trinajstić information content (AvgIpc) is 3.55. The van der Waals surface area contributed by atoms with Gasteiger partial charge < -0.3 is 14.2 Å². The van der Waals surface area contributed by atoms with E-state index in [2.05, 4.69) is 61.3 Å². The van der Waals surface area contributed by atoms with Gasteiger partial charge >= 0.3 is 12.1 Å². The molecule has 0 spiro atoms. The van der Waals surface area contributed by atoms with Crippen LogP contribution in [0.15, 0.2) is 29.2 Å². The minimum Gasteiger partial charge on any atom is -0.444 e. The Morgan fingerprint density at radius 2 is 2.00 bits per heavy atom. The van der Waals surface area contributed by atoms with Crippen LogP contribution in [0, 0.1) is 0 Å². The molecule has 4 heterocycles. The number of fused-ring (bicyclic) bond motifs is 4. The summed E-state index contributed by atoms with van der Waals surface area (Å²) < 4.78 is 13.5. The molecule has 1 saturated heterocycles. The number of hydroxylamine groups is 3. The number of ether oxygens (including phenoxy) is 1. The van der Waals surface area contributed by atoms with Gasteiger partial charge in [-0.15, -0.1) is 17.9 Å². The summed E-state index contributed by atoms with van der Waals surface area (Å²) >= 11 is 1.36. The van der Waals surface area contributed by atoms with E-state index in [1.165, 1.54) is 16.4 Å². The second kappa shape index (κ2) is 11.8. The second-order valence-corrected chi connectivity index (χ2v) is 18.5. The molecule has 0 unspecified atom stereocenters. The van der Waals surface area contributed by atoms with Crippen LogP contribution < -0.4 is 10.8 Å². The average molecular weight is 619 g/mol. The molecule has 2 N–H and O–H groups in total. The van der Waals surface area contributed by atoms with Crippen molar-refractivity contribution in [3.05, 3.63) is 40.5 Å². The van der Waals surface area contributed by atoms with Gasteiger partial charge in [-0.05, 0) is 38.9 Å². The minimum atomic E-state index is -2.27. The highest BCUT2D eigenvalue weighted by molar-refractivity contribution is 7.10. The number of hydrogen-bond acceptors (Lipinski definition) is 9. The molecule has 15 heteroatoms. The van der Waals surface area contributed by atoms with Gasteiger partial charge in [0.25, 0.3) is 0 Å². The Hall–Kier alpha value is -3.27. The van der Waals surface area contributed by atoms with Gasteiger partial charge in [-0.3, -0.25) is 25.3 Å². The first-order chi connectivity index (χ1) is 19.5. The summed E-state index contributed by atoms with van der Waals surface area (Å²) in [6, 6.07) is -1.18. The first-order valence-corrected chi connectivity index (χ1v) is 17.6. The molecule has 3 amide bonds. The SMILES string of the molecule is C=CCON1C(=O)N2C[C@H]1c1cnn(C)c1[C@H]2C(=NCc1nc(NC(=O)OC(C)(C)C)cs1)NO[Si](C)(C)C(C)(C)C. The summed E-state index contributed by atoms with van der Waals surface area (Å²) in [5.74, 6) is 0.838. The fourth-order valence-electron chi connectivity index (χ4n) is 4.31. The standard InChI is InChI=1S/C27H42N8O5SSi/c1-11-12-38-35-18-15-34(25(35)37)22(21-17(18)13-29-33(21)8)23(32-40-42(9,10)27(5,6)7)28-14-20-30-19(16-41-20)31-24(36)39-26(2,3)4/h11,13,16,18,22H,1,12,14-15H2,2-10H3,(H,28,32)(H,31,36)/t18-,22-/m0/s1. The Morgan fingerprint density at radius 3 is 2.64 bits per heavy atom. The molecule has 0 radical (unpaired) electrons. The number of carbonyl (C=O) groups is 2. The molecule has 2 aliphatic heterocycles. The zero-order valence-corrected chi connectivity index (χ0v) is 27.7. The molecule has 0 saturated carbocycles. The number of thiazole rings is 1. The van der Waals surface area contributed by atoms with Crippen LogP contribution in [0.2, 0.25) is 18.1 Å². The van der Waals surface area contributed by atoms with Crippen molar-refractivity contribution >= 4 is 43.4 Å². The number of urea groups is 1. The lowest BCUT2D eigenvalue weighted by atomic mass is 9.97. The molecule has 2 atom stereocenters. The van der Waals surface area contributed by atoms with Crippen LogP contribution >= 0.6 is 11.3 Å².